The van der Waals surface area contributed by atoms with Crippen LogP contribution in [0.15, 0.2) is 129 Å². The summed E-state index contributed by atoms with van der Waals surface area (Å²) in [5.74, 6) is 3.34. The predicted octanol–water partition coefficient (Wildman–Crippen LogP) is 11.5. The summed E-state index contributed by atoms with van der Waals surface area (Å²) in [7, 11) is -19.1. The molecule has 37 nitrogen and oxygen atoms in total. The quantitative estimate of drug-likeness (QED) is 0.0242. The van der Waals surface area contributed by atoms with Gasteiger partial charge in [0.2, 0.25) is 60.1 Å². The first-order chi connectivity index (χ1) is 67.3. The number of rotatable bonds is 24. The maximum atomic E-state index is 14.0. The molecule has 18 rings (SSSR count). The number of halogens is 6. The third-order valence-electron chi connectivity index (χ3n) is 25.2. The Morgan fingerprint density at radius 1 is 0.322 bits per heavy atom. The molecule has 772 valence electrons. The molecule has 0 spiro atoms. The van der Waals surface area contributed by atoms with Gasteiger partial charge in [-0.1, -0.05) is 40.9 Å². The zero-order valence-corrected chi connectivity index (χ0v) is 87.4. The number of hydrogen-bond acceptors (Lipinski definition) is 30. The fourth-order valence-corrected chi connectivity index (χ4v) is 21.9. The van der Waals surface area contributed by atoms with Crippen molar-refractivity contribution in [1.82, 2.24) is 88.1 Å². The van der Waals surface area contributed by atoms with Crippen LogP contribution in [-0.2, 0) is 60.1 Å². The molecule has 6 N–H and O–H groups in total. The Morgan fingerprint density at radius 3 is 0.888 bits per heavy atom. The third-order valence-corrected chi connectivity index (χ3v) is 29.6. The molecule has 49 heteroatoms. The van der Waals surface area contributed by atoms with Crippen molar-refractivity contribution >= 4 is 190 Å². The summed E-state index contributed by atoms with van der Waals surface area (Å²) in [6.45, 7) is 24.9. The zero-order valence-electron chi connectivity index (χ0n) is 80.9. The van der Waals surface area contributed by atoms with Crippen molar-refractivity contribution in [3.8, 4) is 0 Å². The van der Waals surface area contributed by atoms with Crippen molar-refractivity contribution in [3.05, 3.63) is 185 Å². The molecule has 0 radical (unpaired) electrons. The lowest BCUT2D eigenvalue weighted by Gasteiger charge is -2.34. The molecular weight excluding hydrogens is 2010 g/mol. The normalized spacial score (nSPS) is 18.8. The van der Waals surface area contributed by atoms with Gasteiger partial charge in [-0.2, -0.15) is 0 Å². The van der Waals surface area contributed by atoms with E-state index in [9.17, 15) is 68.1 Å². The second-order valence-electron chi connectivity index (χ2n) is 37.2. The molecule has 12 heterocycles. The summed E-state index contributed by atoms with van der Waals surface area (Å²) in [6.07, 6.45) is 27.6. The number of hydrogen-bond donors (Lipinski definition) is 6. The molecule has 6 aromatic heterocycles. The Bertz CT molecular complexity index is 7020. The van der Waals surface area contributed by atoms with Crippen molar-refractivity contribution in [2.24, 2.45) is 35.5 Å². The maximum Gasteiger partial charge on any atom is 0.208 e. The number of benzene rings is 6. The van der Waals surface area contributed by atoms with Crippen molar-refractivity contribution < 1.29 is 68.1 Å². The van der Waals surface area contributed by atoms with Crippen LogP contribution >= 0.6 is 24.0 Å². The number of fused-ring (bicyclic) bond motifs is 6. The topological polar surface area (TPSA) is 455 Å². The Labute approximate surface area is 843 Å². The predicted molar refractivity (Wildman–Crippen MR) is 556 cm³/mol. The van der Waals surface area contributed by atoms with Crippen LogP contribution in [0.2, 0.25) is 5.02 Å². The molecule has 6 saturated heterocycles. The van der Waals surface area contributed by atoms with Crippen molar-refractivity contribution in [2.45, 2.75) is 97.8 Å². The lowest BCUT2D eigenvalue weighted by atomic mass is 9.98. The number of nitrogens with zero attached hydrogens (tertiary/aromatic N) is 19. The minimum atomic E-state index is -3.24. The molecule has 0 bridgehead atoms. The molecule has 6 aliphatic rings. The van der Waals surface area contributed by atoms with Crippen LogP contribution in [0.4, 0.5) is 58.2 Å². The molecule has 6 aromatic carbocycles. The Kier molecular flexibility index (Phi) is 38.5. The van der Waals surface area contributed by atoms with E-state index >= 15 is 0 Å². The number of anilines is 6. The van der Waals surface area contributed by atoms with E-state index in [0.29, 0.717) is 127 Å². The van der Waals surface area contributed by atoms with Gasteiger partial charge < -0.3 is 29.4 Å². The van der Waals surface area contributed by atoms with Crippen molar-refractivity contribution in [3.63, 3.8) is 0 Å². The first-order valence-corrected chi connectivity index (χ1v) is 58.4. The number of nitrogens with one attached hydrogen (secondary N) is 6. The highest BCUT2D eigenvalue weighted by atomic mass is 35.5. The van der Waals surface area contributed by atoms with Gasteiger partial charge in [0.15, 0.2) is 17.3 Å². The number of sulfonamides is 6. The second-order valence-corrected chi connectivity index (χ2v) is 48.6. The maximum absolute atomic E-state index is 14.0. The summed E-state index contributed by atoms with van der Waals surface area (Å²) in [4.78, 5) is 67.8. The lowest BCUT2D eigenvalue weighted by Crippen LogP contribution is -2.41. The highest BCUT2D eigenvalue weighted by Crippen LogP contribution is 2.38. The molecule has 0 saturated carbocycles. The lowest BCUT2D eigenvalue weighted by molar-refractivity contribution is 0.410. The fraction of sp³-hybridized carbons (Fsp3) is 0.479. The third kappa shape index (κ3) is 33.0. The molecule has 0 aliphatic carbocycles. The van der Waals surface area contributed by atoms with Gasteiger partial charge in [0.25, 0.3) is 0 Å². The van der Waals surface area contributed by atoms with E-state index in [-0.39, 0.29) is 46.9 Å². The second kappa shape index (κ2) is 49.5. The van der Waals surface area contributed by atoms with Crippen molar-refractivity contribution in [1.29, 1.82) is 0 Å². The molecular formula is C94H121Cl2F4N25O12S6. The molecule has 12 aromatic rings. The van der Waals surface area contributed by atoms with Gasteiger partial charge in [0.1, 0.15) is 84.5 Å². The highest BCUT2D eigenvalue weighted by Gasteiger charge is 2.32. The van der Waals surface area contributed by atoms with E-state index < -0.39 is 77.6 Å². The van der Waals surface area contributed by atoms with E-state index in [4.69, 9.17) is 18.2 Å². The molecule has 0 amide bonds. The molecule has 6 unspecified atom stereocenters. The summed E-state index contributed by atoms with van der Waals surface area (Å²) < 4.78 is 206. The summed E-state index contributed by atoms with van der Waals surface area (Å²) in [5.41, 5.74) is 7.75. The monoisotopic (exact) mass is 2130 g/mol. The van der Waals surface area contributed by atoms with Crippen LogP contribution in [0, 0.1) is 86.1 Å². The first kappa shape index (κ1) is 111. The van der Waals surface area contributed by atoms with Crippen LogP contribution in [0.3, 0.4) is 0 Å². The largest absolute Gasteiger partial charge is 0.356 e. The van der Waals surface area contributed by atoms with Crippen LogP contribution in [-0.4, -0.2) is 266 Å². The molecule has 143 heavy (non-hydrogen) atoms. The van der Waals surface area contributed by atoms with E-state index in [2.05, 4.69) is 139 Å². The van der Waals surface area contributed by atoms with Gasteiger partial charge in [-0.15, -0.1) is 12.4 Å². The van der Waals surface area contributed by atoms with Crippen molar-refractivity contribution in [2.75, 3.05) is 185 Å². The number of aromatic nitrogens is 12. The number of aryl methyl sites for hydroxylation is 3. The van der Waals surface area contributed by atoms with Gasteiger partial charge in [0, 0.05) is 156 Å². The van der Waals surface area contributed by atoms with Gasteiger partial charge in [-0.3, -0.25) is 0 Å². The average molecular weight is 2130 g/mol. The SMILES string of the molecule is CS(=O)(=O)NCC1CCCN(c2ncnc3c(Cl)cc(F)cc23)C1.CS(=O)(=O)NCC1CCCN(c2ncnc3cc(F)c(F)cc23)C1.Cc1cc2ncnc(N3CCCC(CNS(C)(=O)=O)C3)c2cc1F.Cc1ccc2ncnc(N3CCCC(CNS(C)(=O)=O)C3)c2c1.Cc1ccc2ncnc(N3CCCC(CNS(C)(=O)=O)C3)c2c1.Cl.[C-]#[N+]c1ccc2ncnc(N3CCCC(CNS(C)(=O)=O)C3)c2c1. The van der Waals surface area contributed by atoms with Gasteiger partial charge in [-0.25, -0.2) is 161 Å². The zero-order chi connectivity index (χ0) is 102. The molecule has 6 atom stereocenters. The van der Waals surface area contributed by atoms with Gasteiger partial charge >= 0.3 is 0 Å². The van der Waals surface area contributed by atoms with Crippen LogP contribution in [0.25, 0.3) is 70.3 Å². The van der Waals surface area contributed by atoms with E-state index in [1.807, 2.05) is 46.2 Å². The minimum absolute atomic E-state index is 0. The van der Waals surface area contributed by atoms with Crippen LogP contribution < -0.4 is 57.7 Å². The Balaban J connectivity index is 0.000000153. The molecule has 6 fully saturated rings. The number of piperidine rings is 6. The Hall–Kier alpha value is -10.6. The average Bonchev–Trinajstić information content (AvgIpc) is 0.790. The Morgan fingerprint density at radius 2 is 0.580 bits per heavy atom. The van der Waals surface area contributed by atoms with Gasteiger partial charge in [0.05, 0.1) is 82.2 Å². The first-order valence-electron chi connectivity index (χ1n) is 46.6. The minimum Gasteiger partial charge on any atom is -0.356 e. The summed E-state index contributed by atoms with van der Waals surface area (Å²) in [5, 5.41) is 4.95. The summed E-state index contributed by atoms with van der Waals surface area (Å²) >= 11 is 6.08. The van der Waals surface area contributed by atoms with E-state index in [0.717, 1.165) is 223 Å². The van der Waals surface area contributed by atoms with E-state index in [1.165, 1.54) is 73.4 Å². The fourth-order valence-electron chi connectivity index (χ4n) is 18.4. The highest BCUT2D eigenvalue weighted by molar-refractivity contribution is 7.90. The smallest absolute Gasteiger partial charge is 0.208 e. The van der Waals surface area contributed by atoms with Crippen LogP contribution in [0.5, 0.6) is 0 Å². The summed E-state index contributed by atoms with van der Waals surface area (Å²) in [6, 6.07) is 25.8. The van der Waals surface area contributed by atoms with Gasteiger partial charge in [-0.05, 0) is 206 Å². The standard InChI is InChI=1S/C16H21FN4O2S.C16H19N5O2S.2C16H22N4O2S.C15H18ClFN4O2S.C15H18F2N4O2S.ClH/c1-11-6-15-13(7-14(11)17)16(19-10-18-15)21-5-3-4-12(9-21)8-20-24(2,22)23;1-17-13-5-6-15-14(8-13)16(19-11-18-15)21-7-3-4-12(10-21)9-20-24(2,22)23;2*1-12-5-6-15-14(8-12)16(18-11-17-15)20-7-3-4-13(10-20)9-19-23(2,21)22;1-24(22,23)20-7-10-3-2-4-21(8-10)15-12-5-11(17)6-13(16)14(12)18-9-19-15;1-24(22,23)20-7-10-3-2-4-21(8-10)15-11-5-12(16)13(17)6-14(11)18-9-19-15;/h6-7,10,12,20H,3-5,8-9H2,1-2H3;5-6,8,11-12,20H,3-4,7,9-10H2,2H3;2*5-6,8,11,13,19H,3-4,7,9-10H2,1-2H3;2*5-6,9-10,20H,2-4,7-8H2,1H3;1H. The van der Waals surface area contributed by atoms with Crippen LogP contribution in [0.1, 0.15) is 93.7 Å². The molecule has 6 aliphatic heterocycles. The van der Waals surface area contributed by atoms with E-state index in [1.54, 1.807) is 31.7 Å².